The van der Waals surface area contributed by atoms with Gasteiger partial charge in [0.25, 0.3) is 0 Å². The number of carbonyl (C=O) groups is 2. The maximum Gasteiger partial charge on any atom is 0.179 e. The van der Waals surface area contributed by atoms with E-state index in [4.69, 9.17) is 9.47 Å². The van der Waals surface area contributed by atoms with Crippen LogP contribution < -0.4 is 9.47 Å². The van der Waals surface area contributed by atoms with Gasteiger partial charge in [-0.15, -0.1) is 0 Å². The van der Waals surface area contributed by atoms with Gasteiger partial charge in [-0.05, 0) is 57.1 Å². The summed E-state index contributed by atoms with van der Waals surface area (Å²) in [6.07, 6.45) is 1.51. The number of Topliss-reactive ketones (excluding diaryl/α,β-unsaturated/α-hetero) is 2. The fourth-order valence-electron chi connectivity index (χ4n) is 4.70. The molecule has 6 heteroatoms. The van der Waals surface area contributed by atoms with Crippen molar-refractivity contribution in [3.8, 4) is 11.5 Å². The van der Waals surface area contributed by atoms with E-state index in [9.17, 15) is 9.59 Å². The average Bonchev–Trinajstić information content (AvgIpc) is 3.14. The van der Waals surface area contributed by atoms with Crippen molar-refractivity contribution in [3.63, 3.8) is 0 Å². The normalized spacial score (nSPS) is 17.1. The van der Waals surface area contributed by atoms with Crippen LogP contribution in [0.4, 0.5) is 0 Å². The molecule has 0 spiro atoms. The Labute approximate surface area is 181 Å². The van der Waals surface area contributed by atoms with Gasteiger partial charge in [0, 0.05) is 33.6 Å². The summed E-state index contributed by atoms with van der Waals surface area (Å²) in [5.74, 6) is 1.60. The molecule has 0 radical (unpaired) electrons. The van der Waals surface area contributed by atoms with Crippen LogP contribution in [0.5, 0.6) is 11.5 Å². The summed E-state index contributed by atoms with van der Waals surface area (Å²) < 4.78 is 11.2. The summed E-state index contributed by atoms with van der Waals surface area (Å²) in [4.78, 5) is 31.5. The van der Waals surface area contributed by atoms with Crippen molar-refractivity contribution < 1.29 is 19.1 Å². The van der Waals surface area contributed by atoms with Crippen molar-refractivity contribution in [1.82, 2.24) is 9.88 Å². The number of aromatic amines is 1. The van der Waals surface area contributed by atoms with E-state index in [1.807, 2.05) is 43.3 Å². The van der Waals surface area contributed by atoms with E-state index >= 15 is 0 Å². The highest BCUT2D eigenvalue weighted by Crippen LogP contribution is 2.32. The number of carbonyl (C=O) groups excluding carboxylic acids is 2. The molecule has 6 nitrogen and oxygen atoms in total. The first-order valence-electron chi connectivity index (χ1n) is 10.9. The molecule has 2 aliphatic rings. The molecule has 3 heterocycles. The molecule has 1 fully saturated rings. The Morgan fingerprint density at radius 2 is 1.77 bits per heavy atom. The minimum Gasteiger partial charge on any atom is -0.486 e. The Kier molecular flexibility index (Phi) is 5.24. The van der Waals surface area contributed by atoms with Gasteiger partial charge < -0.3 is 14.5 Å². The Morgan fingerprint density at radius 3 is 2.58 bits per heavy atom. The molecule has 0 saturated carbocycles. The molecule has 2 aliphatic heterocycles. The largest absolute Gasteiger partial charge is 0.486 e. The van der Waals surface area contributed by atoms with E-state index in [1.165, 1.54) is 0 Å². The fourth-order valence-corrected chi connectivity index (χ4v) is 4.70. The molecule has 0 atom stereocenters. The molecule has 3 aromatic rings. The lowest BCUT2D eigenvalue weighted by molar-refractivity contribution is 0.0805. The Balaban J connectivity index is 1.22. The molecule has 1 aromatic heterocycles. The minimum atomic E-state index is -0.0243. The Morgan fingerprint density at radius 1 is 1.03 bits per heavy atom. The standard InChI is InChI=1S/C25H26N2O4/c1-16-24(19-4-2-3-5-20(19)26-16)21(28)15-27-10-8-17(9-11-27)25(29)18-6-7-22-23(14-18)31-13-12-30-22/h2-7,14,17,26H,8-13,15H2,1H3. The molecule has 5 rings (SSSR count). The summed E-state index contributed by atoms with van der Waals surface area (Å²) in [6, 6.07) is 13.4. The molecule has 0 unspecified atom stereocenters. The first-order valence-corrected chi connectivity index (χ1v) is 10.9. The number of ether oxygens (including phenoxy) is 2. The molecule has 160 valence electrons. The highest BCUT2D eigenvalue weighted by Gasteiger charge is 2.28. The number of hydrogen-bond donors (Lipinski definition) is 1. The number of fused-ring (bicyclic) bond motifs is 2. The second-order valence-corrected chi connectivity index (χ2v) is 8.37. The van der Waals surface area contributed by atoms with Crippen molar-refractivity contribution >= 4 is 22.5 Å². The number of aromatic nitrogens is 1. The van der Waals surface area contributed by atoms with Gasteiger partial charge in [0.15, 0.2) is 23.1 Å². The van der Waals surface area contributed by atoms with Crippen molar-refractivity contribution in [2.45, 2.75) is 19.8 Å². The molecular formula is C25H26N2O4. The van der Waals surface area contributed by atoms with Gasteiger partial charge in [-0.2, -0.15) is 0 Å². The summed E-state index contributed by atoms with van der Waals surface area (Å²) in [7, 11) is 0. The SMILES string of the molecule is Cc1[nH]c2ccccc2c1C(=O)CN1CCC(C(=O)c2ccc3c(c2)OCCO3)CC1. The number of likely N-dealkylation sites (tertiary alicyclic amines) is 1. The van der Waals surface area contributed by atoms with Crippen LogP contribution in [0.15, 0.2) is 42.5 Å². The molecule has 0 aliphatic carbocycles. The summed E-state index contributed by atoms with van der Waals surface area (Å²) in [5.41, 5.74) is 3.36. The maximum atomic E-state index is 13.0. The van der Waals surface area contributed by atoms with E-state index in [1.54, 1.807) is 6.07 Å². The second-order valence-electron chi connectivity index (χ2n) is 8.37. The number of rotatable bonds is 5. The third-order valence-electron chi connectivity index (χ3n) is 6.32. The van der Waals surface area contributed by atoms with Crippen LogP contribution >= 0.6 is 0 Å². The average molecular weight is 418 g/mol. The van der Waals surface area contributed by atoms with Crippen LogP contribution in [0.3, 0.4) is 0 Å². The molecular weight excluding hydrogens is 392 g/mol. The smallest absolute Gasteiger partial charge is 0.179 e. The monoisotopic (exact) mass is 418 g/mol. The predicted molar refractivity (Wildman–Crippen MR) is 118 cm³/mol. The number of para-hydroxylation sites is 1. The summed E-state index contributed by atoms with van der Waals surface area (Å²) >= 11 is 0. The van der Waals surface area contributed by atoms with Crippen LogP contribution in [0.2, 0.25) is 0 Å². The Bertz CT molecular complexity index is 1140. The third-order valence-corrected chi connectivity index (χ3v) is 6.32. The zero-order chi connectivity index (χ0) is 21.4. The van der Waals surface area contributed by atoms with Crippen molar-refractivity contribution in [2.75, 3.05) is 32.8 Å². The van der Waals surface area contributed by atoms with Crippen molar-refractivity contribution in [2.24, 2.45) is 5.92 Å². The topological polar surface area (TPSA) is 71.6 Å². The lowest BCUT2D eigenvalue weighted by Gasteiger charge is -2.31. The molecule has 31 heavy (non-hydrogen) atoms. The van der Waals surface area contributed by atoms with Gasteiger partial charge in [0.2, 0.25) is 0 Å². The lowest BCUT2D eigenvalue weighted by atomic mass is 9.88. The second kappa shape index (κ2) is 8.19. The maximum absolute atomic E-state index is 13.0. The number of benzene rings is 2. The quantitative estimate of drug-likeness (QED) is 0.634. The number of nitrogens with one attached hydrogen (secondary N) is 1. The Hall–Kier alpha value is -3.12. The fraction of sp³-hybridized carbons (Fsp3) is 0.360. The molecule has 2 aromatic carbocycles. The van der Waals surface area contributed by atoms with Crippen LogP contribution in [-0.4, -0.2) is 54.3 Å². The van der Waals surface area contributed by atoms with Gasteiger partial charge in [-0.1, -0.05) is 18.2 Å². The van der Waals surface area contributed by atoms with Crippen LogP contribution in [-0.2, 0) is 0 Å². The van der Waals surface area contributed by atoms with Crippen molar-refractivity contribution in [3.05, 3.63) is 59.3 Å². The van der Waals surface area contributed by atoms with Crippen LogP contribution in [0.25, 0.3) is 10.9 Å². The van der Waals surface area contributed by atoms with E-state index in [0.29, 0.717) is 36.8 Å². The molecule has 1 N–H and O–H groups in total. The zero-order valence-electron chi connectivity index (χ0n) is 17.6. The first kappa shape index (κ1) is 19.8. The third kappa shape index (κ3) is 3.83. The number of piperidine rings is 1. The number of nitrogens with zero attached hydrogens (tertiary/aromatic N) is 1. The lowest BCUT2D eigenvalue weighted by Crippen LogP contribution is -2.39. The number of aryl methyl sites for hydroxylation is 1. The zero-order valence-corrected chi connectivity index (χ0v) is 17.6. The molecule has 0 bridgehead atoms. The van der Waals surface area contributed by atoms with Crippen molar-refractivity contribution in [1.29, 1.82) is 0 Å². The van der Waals surface area contributed by atoms with E-state index in [2.05, 4.69) is 9.88 Å². The van der Waals surface area contributed by atoms with E-state index in [0.717, 1.165) is 48.1 Å². The summed E-state index contributed by atoms with van der Waals surface area (Å²) in [5, 5.41) is 0.980. The predicted octanol–water partition coefficient (Wildman–Crippen LogP) is 4.03. The van der Waals surface area contributed by atoms with Gasteiger partial charge >= 0.3 is 0 Å². The number of ketones is 2. The van der Waals surface area contributed by atoms with Gasteiger partial charge in [0.05, 0.1) is 6.54 Å². The van der Waals surface area contributed by atoms with E-state index < -0.39 is 0 Å². The molecule has 0 amide bonds. The van der Waals surface area contributed by atoms with Gasteiger partial charge in [0.1, 0.15) is 13.2 Å². The van der Waals surface area contributed by atoms with Crippen LogP contribution in [0, 0.1) is 12.8 Å². The minimum absolute atomic E-state index is 0.0243. The number of hydrogen-bond acceptors (Lipinski definition) is 5. The van der Waals surface area contributed by atoms with Gasteiger partial charge in [-0.3, -0.25) is 14.5 Å². The highest BCUT2D eigenvalue weighted by atomic mass is 16.6. The first-order chi connectivity index (χ1) is 15.1. The van der Waals surface area contributed by atoms with Crippen LogP contribution in [0.1, 0.15) is 39.3 Å². The van der Waals surface area contributed by atoms with E-state index in [-0.39, 0.29) is 17.5 Å². The summed E-state index contributed by atoms with van der Waals surface area (Å²) in [6.45, 7) is 4.86. The molecule has 1 saturated heterocycles. The number of H-pyrrole nitrogens is 1. The highest BCUT2D eigenvalue weighted by molar-refractivity contribution is 6.10. The van der Waals surface area contributed by atoms with Gasteiger partial charge in [-0.25, -0.2) is 0 Å².